The second kappa shape index (κ2) is 10.1. The first-order valence-electron chi connectivity index (χ1n) is 7.26. The van der Waals surface area contributed by atoms with E-state index < -0.39 is 36.5 Å². The minimum absolute atomic E-state index is 0.0957. The number of carbonyl (C=O) groups is 4. The van der Waals surface area contributed by atoms with Crippen LogP contribution in [0.2, 0.25) is 0 Å². The molecule has 2 unspecified atom stereocenters. The van der Waals surface area contributed by atoms with E-state index in [1.807, 2.05) is 0 Å². The van der Waals surface area contributed by atoms with Gasteiger partial charge < -0.3 is 18.9 Å². The molecule has 0 aliphatic heterocycles. The molecule has 8 heteroatoms. The fourth-order valence-electron chi connectivity index (χ4n) is 1.23. The SMILES string of the molecule is C=C(C)C(=O)OC(C)OC(=O)/C=C(/C)C(=O)OC(C)OC(=O)C(=C)C. The number of carbonyl (C=O) groups excluding carboxylic acids is 4. The number of hydrogen-bond acceptors (Lipinski definition) is 8. The molecule has 8 nitrogen and oxygen atoms in total. The highest BCUT2D eigenvalue weighted by molar-refractivity contribution is 5.96. The van der Waals surface area contributed by atoms with E-state index in [1.54, 1.807) is 0 Å². The maximum absolute atomic E-state index is 11.8. The molecule has 0 N–H and O–H groups in total. The molecule has 0 aliphatic rings. The standard InChI is InChI=1S/C17H22O8/c1-9(2)15(19)23-12(6)22-14(18)8-11(5)17(21)25-13(7)24-16(20)10(3)4/h8,12-13H,1,3H2,2,4-7H3/b11-8-. The van der Waals surface area contributed by atoms with Crippen LogP contribution in [0.1, 0.15) is 34.6 Å². The van der Waals surface area contributed by atoms with Crippen LogP contribution in [0.15, 0.2) is 36.0 Å². The Morgan fingerprint density at radius 3 is 1.48 bits per heavy atom. The average Bonchev–Trinajstić information content (AvgIpc) is 2.45. The van der Waals surface area contributed by atoms with Crippen LogP contribution in [0.4, 0.5) is 0 Å². The van der Waals surface area contributed by atoms with Crippen LogP contribution in [-0.4, -0.2) is 36.5 Å². The Bertz CT molecular complexity index is 614. The third-order valence-electron chi connectivity index (χ3n) is 2.45. The van der Waals surface area contributed by atoms with E-state index in [2.05, 4.69) is 13.2 Å². The maximum atomic E-state index is 11.8. The van der Waals surface area contributed by atoms with E-state index in [4.69, 9.17) is 18.9 Å². The third kappa shape index (κ3) is 9.09. The molecule has 0 aromatic heterocycles. The van der Waals surface area contributed by atoms with Crippen molar-refractivity contribution in [3.63, 3.8) is 0 Å². The molecule has 0 radical (unpaired) electrons. The highest BCUT2D eigenvalue weighted by atomic mass is 16.7. The summed E-state index contributed by atoms with van der Waals surface area (Å²) >= 11 is 0. The van der Waals surface area contributed by atoms with Gasteiger partial charge in [0.25, 0.3) is 0 Å². The molecular weight excluding hydrogens is 332 g/mol. The topological polar surface area (TPSA) is 105 Å². The summed E-state index contributed by atoms with van der Waals surface area (Å²) in [5, 5.41) is 0. The molecule has 0 aliphatic carbocycles. The van der Waals surface area contributed by atoms with E-state index in [0.29, 0.717) is 0 Å². The largest absolute Gasteiger partial charge is 0.422 e. The van der Waals surface area contributed by atoms with Crippen LogP contribution in [0.5, 0.6) is 0 Å². The summed E-state index contributed by atoms with van der Waals surface area (Å²) in [5.74, 6) is -3.23. The first-order chi connectivity index (χ1) is 11.4. The summed E-state index contributed by atoms with van der Waals surface area (Å²) in [4.78, 5) is 46.0. The zero-order valence-corrected chi connectivity index (χ0v) is 14.9. The van der Waals surface area contributed by atoms with Crippen molar-refractivity contribution in [2.75, 3.05) is 0 Å². The molecule has 138 valence electrons. The predicted octanol–water partition coefficient (Wildman–Crippen LogP) is 1.95. The van der Waals surface area contributed by atoms with E-state index in [0.717, 1.165) is 6.08 Å². The lowest BCUT2D eigenvalue weighted by Gasteiger charge is -2.15. The second-order valence-corrected chi connectivity index (χ2v) is 5.18. The molecule has 0 aromatic rings. The molecule has 0 amide bonds. The van der Waals surface area contributed by atoms with Gasteiger partial charge in [0.15, 0.2) is 0 Å². The van der Waals surface area contributed by atoms with E-state index >= 15 is 0 Å². The Morgan fingerprint density at radius 2 is 1.08 bits per heavy atom. The first kappa shape index (κ1) is 22.1. The lowest BCUT2D eigenvalue weighted by Crippen LogP contribution is -2.23. The molecule has 0 heterocycles. The second-order valence-electron chi connectivity index (χ2n) is 5.18. The van der Waals surface area contributed by atoms with Crippen molar-refractivity contribution < 1.29 is 38.1 Å². The average molecular weight is 354 g/mol. The van der Waals surface area contributed by atoms with Gasteiger partial charge in [0.2, 0.25) is 12.6 Å². The van der Waals surface area contributed by atoms with Gasteiger partial charge in [-0.25, -0.2) is 19.2 Å². The molecule has 0 spiro atoms. The summed E-state index contributed by atoms with van der Waals surface area (Å²) in [6, 6.07) is 0. The van der Waals surface area contributed by atoms with E-state index in [1.165, 1.54) is 34.6 Å². The minimum Gasteiger partial charge on any atom is -0.422 e. The number of ether oxygens (including phenoxy) is 4. The van der Waals surface area contributed by atoms with Crippen molar-refractivity contribution in [1.29, 1.82) is 0 Å². The van der Waals surface area contributed by atoms with Crippen LogP contribution in [-0.2, 0) is 38.1 Å². The van der Waals surface area contributed by atoms with Gasteiger partial charge in [0.1, 0.15) is 0 Å². The van der Waals surface area contributed by atoms with Gasteiger partial charge in [-0.2, -0.15) is 0 Å². The van der Waals surface area contributed by atoms with Crippen LogP contribution in [0.3, 0.4) is 0 Å². The third-order valence-corrected chi connectivity index (χ3v) is 2.45. The Kier molecular flexibility index (Phi) is 8.90. The van der Waals surface area contributed by atoms with Crippen molar-refractivity contribution in [2.24, 2.45) is 0 Å². The van der Waals surface area contributed by atoms with Gasteiger partial charge in [-0.15, -0.1) is 0 Å². The molecule has 25 heavy (non-hydrogen) atoms. The van der Waals surface area contributed by atoms with Crippen LogP contribution >= 0.6 is 0 Å². The van der Waals surface area contributed by atoms with Crippen molar-refractivity contribution in [2.45, 2.75) is 47.2 Å². The summed E-state index contributed by atoms with van der Waals surface area (Å²) in [5.41, 5.74) is 0.204. The molecule has 0 fully saturated rings. The summed E-state index contributed by atoms with van der Waals surface area (Å²) in [6.07, 6.45) is -1.46. The fraction of sp³-hybridized carbons (Fsp3) is 0.412. The zero-order chi connectivity index (χ0) is 19.7. The summed E-state index contributed by atoms with van der Waals surface area (Å²) < 4.78 is 19.2. The smallest absolute Gasteiger partial charge is 0.337 e. The Morgan fingerprint density at radius 1 is 0.720 bits per heavy atom. The lowest BCUT2D eigenvalue weighted by atomic mass is 10.3. The maximum Gasteiger partial charge on any atom is 0.337 e. The molecule has 0 rings (SSSR count). The van der Waals surface area contributed by atoms with Gasteiger partial charge in [-0.3, -0.25) is 0 Å². The predicted molar refractivity (Wildman–Crippen MR) is 86.7 cm³/mol. The van der Waals surface area contributed by atoms with Crippen molar-refractivity contribution in [3.05, 3.63) is 36.0 Å². The summed E-state index contributed by atoms with van der Waals surface area (Å²) in [7, 11) is 0. The Labute approximate surface area is 146 Å². The lowest BCUT2D eigenvalue weighted by molar-refractivity contribution is -0.181. The minimum atomic E-state index is -1.16. The van der Waals surface area contributed by atoms with Crippen molar-refractivity contribution in [1.82, 2.24) is 0 Å². The molecule has 0 aromatic carbocycles. The van der Waals surface area contributed by atoms with Gasteiger partial charge in [-0.05, 0) is 20.8 Å². The molecule has 0 bridgehead atoms. The highest BCUT2D eigenvalue weighted by Crippen LogP contribution is 2.06. The zero-order valence-electron chi connectivity index (χ0n) is 14.9. The molecule has 0 saturated carbocycles. The van der Waals surface area contributed by atoms with E-state index in [9.17, 15) is 19.2 Å². The quantitative estimate of drug-likeness (QED) is 0.370. The van der Waals surface area contributed by atoms with Gasteiger partial charge in [0.05, 0.1) is 0 Å². The first-order valence-corrected chi connectivity index (χ1v) is 7.26. The van der Waals surface area contributed by atoms with Gasteiger partial charge >= 0.3 is 23.9 Å². The van der Waals surface area contributed by atoms with Crippen LogP contribution < -0.4 is 0 Å². The van der Waals surface area contributed by atoms with Crippen LogP contribution in [0.25, 0.3) is 0 Å². The fourth-order valence-corrected chi connectivity index (χ4v) is 1.23. The van der Waals surface area contributed by atoms with Crippen molar-refractivity contribution >= 4 is 23.9 Å². The highest BCUT2D eigenvalue weighted by Gasteiger charge is 2.18. The molecular formula is C17H22O8. The molecule has 0 saturated heterocycles. The Balaban J connectivity index is 4.58. The van der Waals surface area contributed by atoms with E-state index in [-0.39, 0.29) is 16.7 Å². The summed E-state index contributed by atoms with van der Waals surface area (Å²) in [6.45, 7) is 13.6. The normalized spacial score (nSPS) is 13.1. The monoisotopic (exact) mass is 354 g/mol. The van der Waals surface area contributed by atoms with Crippen LogP contribution in [0, 0.1) is 0 Å². The molecule has 2 atom stereocenters. The number of esters is 4. The van der Waals surface area contributed by atoms with Crippen molar-refractivity contribution in [3.8, 4) is 0 Å². The number of rotatable bonds is 8. The van der Waals surface area contributed by atoms with Gasteiger partial charge in [-0.1, -0.05) is 13.2 Å². The Hall–Kier alpha value is -2.90. The van der Waals surface area contributed by atoms with Gasteiger partial charge in [0, 0.05) is 36.6 Å². The number of hydrogen-bond donors (Lipinski definition) is 0.